The van der Waals surface area contributed by atoms with Crippen LogP contribution in [0.4, 0.5) is 0 Å². The number of nitrogens with zero attached hydrogens (tertiary/aromatic N) is 2. The molecular formula is C19H22ClN3O3. The molecule has 0 bridgehead atoms. The molecule has 26 heavy (non-hydrogen) atoms. The lowest BCUT2D eigenvalue weighted by Gasteiger charge is -2.35. The minimum absolute atomic E-state index is 0.0358. The lowest BCUT2D eigenvalue weighted by molar-refractivity contribution is -0.124. The highest BCUT2D eigenvalue weighted by Crippen LogP contribution is 2.25. The Bertz CT molecular complexity index is 863. The molecule has 7 heteroatoms. The third-order valence-electron chi connectivity index (χ3n) is 4.37. The molecule has 0 unspecified atom stereocenters. The van der Waals surface area contributed by atoms with Gasteiger partial charge in [-0.15, -0.1) is 0 Å². The number of amides is 1. The average molecular weight is 376 g/mol. The number of benzene rings is 1. The third-order valence-corrected chi connectivity index (χ3v) is 4.70. The summed E-state index contributed by atoms with van der Waals surface area (Å²) >= 11 is 6.19. The molecule has 1 aromatic carbocycles. The van der Waals surface area contributed by atoms with Gasteiger partial charge in [-0.1, -0.05) is 29.8 Å². The summed E-state index contributed by atoms with van der Waals surface area (Å²) in [6.07, 6.45) is 1.50. The Morgan fingerprint density at radius 2 is 2.12 bits per heavy atom. The van der Waals surface area contributed by atoms with Crippen LogP contribution in [0.3, 0.4) is 0 Å². The number of aromatic nitrogens is 2. The third kappa shape index (κ3) is 4.51. The van der Waals surface area contributed by atoms with Crippen molar-refractivity contribution in [3.8, 4) is 11.3 Å². The van der Waals surface area contributed by atoms with E-state index in [1.54, 1.807) is 12.1 Å². The lowest BCUT2D eigenvalue weighted by atomic mass is 9.94. The Morgan fingerprint density at radius 3 is 2.85 bits per heavy atom. The van der Waals surface area contributed by atoms with Gasteiger partial charge in [0.2, 0.25) is 5.91 Å². The largest absolute Gasteiger partial charge is 0.375 e. The van der Waals surface area contributed by atoms with E-state index in [2.05, 4.69) is 10.4 Å². The first-order valence-electron chi connectivity index (χ1n) is 8.60. The van der Waals surface area contributed by atoms with E-state index in [9.17, 15) is 9.59 Å². The molecule has 1 N–H and O–H groups in total. The maximum absolute atomic E-state index is 12.4. The quantitative estimate of drug-likeness (QED) is 0.891. The second-order valence-electron chi connectivity index (χ2n) is 7.06. The van der Waals surface area contributed by atoms with Gasteiger partial charge in [-0.3, -0.25) is 9.59 Å². The first-order chi connectivity index (χ1) is 12.3. The van der Waals surface area contributed by atoms with E-state index in [4.69, 9.17) is 16.3 Å². The predicted octanol–water partition coefficient (Wildman–Crippen LogP) is 2.64. The predicted molar refractivity (Wildman–Crippen MR) is 100 cm³/mol. The van der Waals surface area contributed by atoms with E-state index in [1.165, 1.54) is 10.7 Å². The highest BCUT2D eigenvalue weighted by Gasteiger charge is 2.29. The molecule has 0 aliphatic carbocycles. The number of nitrogens with one attached hydrogen (secondary N) is 1. The molecule has 2 aromatic rings. The Morgan fingerprint density at radius 1 is 1.35 bits per heavy atom. The number of halogens is 1. The van der Waals surface area contributed by atoms with Crippen LogP contribution < -0.4 is 10.9 Å². The Hall–Kier alpha value is -2.18. The zero-order chi connectivity index (χ0) is 18.7. The number of rotatable bonds is 4. The smallest absolute Gasteiger partial charge is 0.267 e. The van der Waals surface area contributed by atoms with Gasteiger partial charge in [-0.05, 0) is 38.8 Å². The van der Waals surface area contributed by atoms with Crippen molar-refractivity contribution >= 4 is 17.5 Å². The molecule has 1 amide bonds. The van der Waals surface area contributed by atoms with Crippen LogP contribution in [0.5, 0.6) is 0 Å². The first-order valence-corrected chi connectivity index (χ1v) is 8.98. The van der Waals surface area contributed by atoms with E-state index in [-0.39, 0.29) is 29.7 Å². The summed E-state index contributed by atoms with van der Waals surface area (Å²) in [5.41, 5.74) is 0.683. The van der Waals surface area contributed by atoms with Gasteiger partial charge >= 0.3 is 0 Å². The highest BCUT2D eigenvalue weighted by atomic mass is 35.5. The second kappa shape index (κ2) is 7.60. The van der Waals surface area contributed by atoms with Crippen molar-refractivity contribution in [3.05, 3.63) is 51.8 Å². The zero-order valence-electron chi connectivity index (χ0n) is 14.9. The number of carbonyl (C=O) groups excluding carboxylic acids is 1. The summed E-state index contributed by atoms with van der Waals surface area (Å²) in [6, 6.07) is 10.3. The van der Waals surface area contributed by atoms with Gasteiger partial charge in [-0.2, -0.15) is 5.10 Å². The molecule has 0 radical (unpaired) electrons. The summed E-state index contributed by atoms with van der Waals surface area (Å²) in [4.78, 5) is 24.5. The molecule has 1 fully saturated rings. The SMILES string of the molecule is CC1(C)C[C@@H](NC(=O)Cn2nc(-c3ccccc3Cl)ccc2=O)CCO1. The second-order valence-corrected chi connectivity index (χ2v) is 7.47. The molecule has 1 aliphatic heterocycles. The van der Waals surface area contributed by atoms with Crippen LogP contribution in [0.25, 0.3) is 11.3 Å². The summed E-state index contributed by atoms with van der Waals surface area (Å²) in [7, 11) is 0. The van der Waals surface area contributed by atoms with Gasteiger partial charge < -0.3 is 10.1 Å². The van der Waals surface area contributed by atoms with Crippen molar-refractivity contribution in [3.63, 3.8) is 0 Å². The standard InChI is InChI=1S/C19H22ClN3O3/c1-19(2)11-13(9-10-26-19)21-17(24)12-23-18(25)8-7-16(22-23)14-5-3-4-6-15(14)20/h3-8,13H,9-12H2,1-2H3,(H,21,24)/t13-/m0/s1. The summed E-state index contributed by atoms with van der Waals surface area (Å²) in [5, 5.41) is 7.82. The average Bonchev–Trinajstić information content (AvgIpc) is 2.56. The molecule has 1 atom stereocenters. The fourth-order valence-electron chi connectivity index (χ4n) is 3.14. The van der Waals surface area contributed by atoms with Gasteiger partial charge in [0, 0.05) is 24.3 Å². The van der Waals surface area contributed by atoms with Crippen molar-refractivity contribution in [2.75, 3.05) is 6.61 Å². The maximum atomic E-state index is 12.4. The topological polar surface area (TPSA) is 73.2 Å². The fraction of sp³-hybridized carbons (Fsp3) is 0.421. The van der Waals surface area contributed by atoms with E-state index >= 15 is 0 Å². The van der Waals surface area contributed by atoms with Gasteiger partial charge in [-0.25, -0.2) is 4.68 Å². The molecule has 1 saturated heterocycles. The minimum Gasteiger partial charge on any atom is -0.375 e. The number of hydrogen-bond acceptors (Lipinski definition) is 4. The number of carbonyl (C=O) groups is 1. The first kappa shape index (κ1) is 18.6. The molecule has 0 spiro atoms. The van der Waals surface area contributed by atoms with Crippen molar-refractivity contribution in [2.24, 2.45) is 0 Å². The van der Waals surface area contributed by atoms with E-state index in [0.717, 1.165) is 18.4 Å². The van der Waals surface area contributed by atoms with Gasteiger partial charge in [0.1, 0.15) is 6.54 Å². The van der Waals surface area contributed by atoms with Crippen molar-refractivity contribution in [2.45, 2.75) is 44.9 Å². The minimum atomic E-state index is -0.330. The van der Waals surface area contributed by atoms with E-state index < -0.39 is 0 Å². The monoisotopic (exact) mass is 375 g/mol. The van der Waals surface area contributed by atoms with E-state index in [1.807, 2.05) is 32.0 Å². The lowest BCUT2D eigenvalue weighted by Crippen LogP contribution is -2.47. The van der Waals surface area contributed by atoms with Crippen LogP contribution in [-0.2, 0) is 16.1 Å². The number of hydrogen-bond donors (Lipinski definition) is 1. The van der Waals surface area contributed by atoms with Crippen LogP contribution in [0.15, 0.2) is 41.2 Å². The summed E-state index contributed by atoms with van der Waals surface area (Å²) in [6.45, 7) is 4.49. The Labute approximate surface area is 157 Å². The molecule has 2 heterocycles. The summed E-state index contributed by atoms with van der Waals surface area (Å²) in [5.74, 6) is -0.237. The Kier molecular flexibility index (Phi) is 5.44. The summed E-state index contributed by atoms with van der Waals surface area (Å²) < 4.78 is 6.82. The van der Waals surface area contributed by atoms with Gasteiger partial charge in [0.25, 0.3) is 5.56 Å². The van der Waals surface area contributed by atoms with E-state index in [0.29, 0.717) is 17.3 Å². The molecule has 3 rings (SSSR count). The molecular weight excluding hydrogens is 354 g/mol. The van der Waals surface area contributed by atoms with Crippen molar-refractivity contribution in [1.29, 1.82) is 0 Å². The fourth-order valence-corrected chi connectivity index (χ4v) is 3.37. The molecule has 1 aliphatic rings. The van der Waals surface area contributed by atoms with Crippen molar-refractivity contribution in [1.82, 2.24) is 15.1 Å². The molecule has 6 nitrogen and oxygen atoms in total. The van der Waals surface area contributed by atoms with Crippen LogP contribution >= 0.6 is 11.6 Å². The maximum Gasteiger partial charge on any atom is 0.267 e. The van der Waals surface area contributed by atoms with Crippen LogP contribution in [0.1, 0.15) is 26.7 Å². The van der Waals surface area contributed by atoms with Crippen LogP contribution in [0.2, 0.25) is 5.02 Å². The molecule has 1 aromatic heterocycles. The normalized spacial score (nSPS) is 19.1. The number of ether oxygens (including phenoxy) is 1. The Balaban J connectivity index is 1.73. The molecule has 138 valence electrons. The highest BCUT2D eigenvalue weighted by molar-refractivity contribution is 6.33. The van der Waals surface area contributed by atoms with Gasteiger partial charge in [0.15, 0.2) is 0 Å². The van der Waals surface area contributed by atoms with Crippen LogP contribution in [-0.4, -0.2) is 33.9 Å². The molecule has 0 saturated carbocycles. The zero-order valence-corrected chi connectivity index (χ0v) is 15.6. The van der Waals surface area contributed by atoms with Crippen LogP contribution in [0, 0.1) is 0 Å². The van der Waals surface area contributed by atoms with Crippen molar-refractivity contribution < 1.29 is 9.53 Å². The van der Waals surface area contributed by atoms with Gasteiger partial charge in [0.05, 0.1) is 16.3 Å².